The van der Waals surface area contributed by atoms with Gasteiger partial charge in [0.1, 0.15) is 11.1 Å². The topological polar surface area (TPSA) is 213 Å². The Bertz CT molecular complexity index is 1530. The molecule has 2 amide bonds. The maximum absolute atomic E-state index is 12.5. The number of rotatable bonds is 9. The summed E-state index contributed by atoms with van der Waals surface area (Å²) < 4.78 is 10.4. The van der Waals surface area contributed by atoms with Crippen LogP contribution in [0.3, 0.4) is 0 Å². The van der Waals surface area contributed by atoms with Crippen LogP contribution >= 0.6 is 0 Å². The summed E-state index contributed by atoms with van der Waals surface area (Å²) >= 11 is 0. The Morgan fingerprint density at radius 1 is 0.658 bits per heavy atom. The van der Waals surface area contributed by atoms with E-state index in [2.05, 4.69) is 10.6 Å². The van der Waals surface area contributed by atoms with Crippen molar-refractivity contribution in [3.05, 3.63) is 58.6 Å². The Morgan fingerprint density at radius 2 is 1.05 bits per heavy atom. The van der Waals surface area contributed by atoms with Crippen LogP contribution in [0.4, 0.5) is 0 Å². The molecule has 12 heteroatoms. The van der Waals surface area contributed by atoms with Crippen molar-refractivity contribution in [3.8, 4) is 23.0 Å². The van der Waals surface area contributed by atoms with Crippen LogP contribution in [-0.4, -0.2) is 45.3 Å². The number of fused-ring (bicyclic) bond motifs is 2. The Hall–Kier alpha value is -5.00. The van der Waals surface area contributed by atoms with Crippen LogP contribution in [0.5, 0.6) is 23.0 Å². The van der Waals surface area contributed by atoms with E-state index in [9.17, 15) is 30.0 Å². The van der Waals surface area contributed by atoms with E-state index in [1.54, 1.807) is 0 Å². The predicted molar refractivity (Wildman–Crippen MR) is 134 cm³/mol. The van der Waals surface area contributed by atoms with Crippen LogP contribution in [0.25, 0.3) is 21.9 Å². The first-order valence-electron chi connectivity index (χ1n) is 11.8. The molecule has 0 radical (unpaired) electrons. The van der Waals surface area contributed by atoms with Crippen LogP contribution in [0, 0.1) is 10.8 Å². The molecule has 0 bridgehead atoms. The molecule has 0 aliphatic heterocycles. The molecular weight excluding hydrogens is 496 g/mol. The first-order chi connectivity index (χ1) is 18.2. The average molecular weight is 523 g/mol. The fraction of sp³-hybridized carbons (Fsp3) is 0.231. The number of phenols is 4. The van der Waals surface area contributed by atoms with E-state index in [1.807, 2.05) is 0 Å². The van der Waals surface area contributed by atoms with E-state index in [-0.39, 0.29) is 33.8 Å². The monoisotopic (exact) mass is 522 g/mol. The van der Waals surface area contributed by atoms with Gasteiger partial charge >= 0.3 is 0 Å². The number of carbonyl (C=O) groups is 2. The molecule has 4 rings (SSSR count). The normalized spacial score (nSPS) is 11.1. The molecule has 2 aromatic heterocycles. The zero-order valence-corrected chi connectivity index (χ0v) is 20.1. The number of aromatic hydroxyl groups is 4. The van der Waals surface area contributed by atoms with Gasteiger partial charge in [0.15, 0.2) is 22.7 Å². The number of hydrogen-bond donors (Lipinski definition) is 8. The molecule has 0 spiro atoms. The van der Waals surface area contributed by atoms with Crippen molar-refractivity contribution < 1.29 is 38.8 Å². The van der Waals surface area contributed by atoms with Crippen LogP contribution in [0.1, 0.15) is 46.4 Å². The minimum atomic E-state index is -0.493. The molecule has 0 saturated carbocycles. The van der Waals surface area contributed by atoms with E-state index < -0.39 is 34.4 Å². The molecule has 0 unspecified atom stereocenters. The van der Waals surface area contributed by atoms with Crippen molar-refractivity contribution >= 4 is 33.8 Å². The second kappa shape index (κ2) is 10.9. The number of nitrogens with one attached hydrogen (secondary N) is 4. The molecule has 38 heavy (non-hydrogen) atoms. The lowest BCUT2D eigenvalue weighted by Crippen LogP contribution is -2.29. The van der Waals surface area contributed by atoms with E-state index in [1.165, 1.54) is 36.4 Å². The molecule has 0 atom stereocenters. The largest absolute Gasteiger partial charge is 0.504 e. The molecule has 12 nitrogen and oxygen atoms in total. The molecule has 8 N–H and O–H groups in total. The zero-order chi connectivity index (χ0) is 27.4. The summed E-state index contributed by atoms with van der Waals surface area (Å²) in [5, 5.41) is 60.8. The van der Waals surface area contributed by atoms with Crippen molar-refractivity contribution in [2.24, 2.45) is 0 Å². The van der Waals surface area contributed by atoms with Gasteiger partial charge in [-0.2, -0.15) is 0 Å². The highest BCUT2D eigenvalue weighted by Gasteiger charge is 2.16. The highest BCUT2D eigenvalue weighted by Crippen LogP contribution is 2.33. The Kier molecular flexibility index (Phi) is 7.51. The van der Waals surface area contributed by atoms with Crippen LogP contribution in [0.2, 0.25) is 0 Å². The lowest BCUT2D eigenvalue weighted by Gasteiger charge is -2.08. The molecule has 198 valence electrons. The molecule has 0 saturated heterocycles. The Morgan fingerprint density at radius 3 is 1.45 bits per heavy atom. The summed E-state index contributed by atoms with van der Waals surface area (Å²) in [6, 6.07) is 8.30. The lowest BCUT2D eigenvalue weighted by molar-refractivity contribution is 0.0938. The van der Waals surface area contributed by atoms with Crippen LogP contribution in [-0.2, 0) is 0 Å². The van der Waals surface area contributed by atoms with Gasteiger partial charge < -0.3 is 39.9 Å². The third kappa shape index (κ3) is 5.38. The van der Waals surface area contributed by atoms with E-state index in [4.69, 9.17) is 19.7 Å². The first-order valence-corrected chi connectivity index (χ1v) is 11.8. The fourth-order valence-corrected chi connectivity index (χ4v) is 3.89. The van der Waals surface area contributed by atoms with Crippen molar-refractivity contribution in [2.45, 2.75) is 25.7 Å². The molecule has 0 fully saturated rings. The highest BCUT2D eigenvalue weighted by molar-refractivity contribution is 5.98. The minimum Gasteiger partial charge on any atom is -0.504 e. The van der Waals surface area contributed by atoms with Gasteiger partial charge in [-0.15, -0.1) is 0 Å². The molecule has 2 aromatic carbocycles. The maximum Gasteiger partial charge on any atom is 0.256 e. The summed E-state index contributed by atoms with van der Waals surface area (Å²) in [7, 11) is 0. The number of hydrogen-bond acceptors (Lipinski definition) is 10. The van der Waals surface area contributed by atoms with E-state index >= 15 is 0 Å². The van der Waals surface area contributed by atoms with Gasteiger partial charge in [0.25, 0.3) is 11.8 Å². The van der Waals surface area contributed by atoms with Gasteiger partial charge in [0.2, 0.25) is 22.6 Å². The number of amides is 2. The van der Waals surface area contributed by atoms with Crippen molar-refractivity contribution in [3.63, 3.8) is 0 Å². The molecular formula is C26H26N4O8. The van der Waals surface area contributed by atoms with Gasteiger partial charge in [-0.05, 0) is 49.2 Å². The summed E-state index contributed by atoms with van der Waals surface area (Å²) in [6.45, 7) is 0.736. The third-order valence-corrected chi connectivity index (χ3v) is 5.94. The zero-order valence-electron chi connectivity index (χ0n) is 20.1. The van der Waals surface area contributed by atoms with Gasteiger partial charge in [-0.1, -0.05) is 12.8 Å². The summed E-state index contributed by atoms with van der Waals surface area (Å²) in [5.41, 5.74) is -1.01. The Labute approximate surface area is 214 Å². The van der Waals surface area contributed by atoms with Gasteiger partial charge in [-0.25, -0.2) is 0 Å². The van der Waals surface area contributed by atoms with E-state index in [0.717, 1.165) is 12.8 Å². The summed E-state index contributed by atoms with van der Waals surface area (Å²) in [4.78, 5) is 24.9. The number of phenolic OH excluding ortho intramolecular Hbond substituents is 4. The second-order valence-corrected chi connectivity index (χ2v) is 8.61. The molecule has 4 aromatic rings. The Balaban J connectivity index is 1.20. The second-order valence-electron chi connectivity index (χ2n) is 8.61. The predicted octanol–water partition coefficient (Wildman–Crippen LogP) is 2.68. The number of carbonyl (C=O) groups excluding carboxylic acids is 2. The van der Waals surface area contributed by atoms with Gasteiger partial charge in [-0.3, -0.25) is 20.4 Å². The van der Waals surface area contributed by atoms with Crippen molar-refractivity contribution in [2.75, 3.05) is 13.1 Å². The lowest BCUT2D eigenvalue weighted by atomic mass is 10.1. The van der Waals surface area contributed by atoms with Crippen molar-refractivity contribution in [1.82, 2.24) is 10.6 Å². The fourth-order valence-electron chi connectivity index (χ4n) is 3.89. The van der Waals surface area contributed by atoms with Crippen LogP contribution in [0.15, 0.2) is 45.2 Å². The standard InChI is InChI=1S/C26H26N4O8/c27-23-15(11-13-5-7-17(31)19(33)21(13)37-23)25(35)29-9-3-1-2-4-10-30-26(36)16-12-14-6-8-18(32)20(34)22(14)38-24(16)28/h5-8,11-12,27-28,31-34H,1-4,9-10H2,(H,29,35)(H,30,36). The summed E-state index contributed by atoms with van der Waals surface area (Å²) in [5.74, 6) is -2.73. The van der Waals surface area contributed by atoms with Gasteiger partial charge in [0, 0.05) is 23.9 Å². The number of benzene rings is 2. The number of unbranched alkanes of at least 4 members (excludes halogenated alkanes) is 3. The van der Waals surface area contributed by atoms with Gasteiger partial charge in [0.05, 0.1) is 0 Å². The SMILES string of the molecule is N=c1oc2c(O)c(O)ccc2cc1C(=O)NCCCCCCNC(=O)c1cc2ccc(O)c(O)c2oc1=N. The smallest absolute Gasteiger partial charge is 0.256 e. The molecule has 2 heterocycles. The highest BCUT2D eigenvalue weighted by atomic mass is 16.4. The average Bonchev–Trinajstić information content (AvgIpc) is 2.89. The summed E-state index contributed by atoms with van der Waals surface area (Å²) in [6.07, 6.45) is 2.89. The molecule has 0 aliphatic rings. The third-order valence-electron chi connectivity index (χ3n) is 5.94. The van der Waals surface area contributed by atoms with E-state index in [0.29, 0.717) is 36.7 Å². The van der Waals surface area contributed by atoms with Crippen molar-refractivity contribution in [1.29, 1.82) is 10.8 Å². The maximum atomic E-state index is 12.5. The first kappa shape index (κ1) is 26.1. The van der Waals surface area contributed by atoms with Crippen LogP contribution < -0.4 is 21.7 Å². The minimum absolute atomic E-state index is 0.00602. The quantitative estimate of drug-likeness (QED) is 0.121. The molecule has 0 aliphatic carbocycles.